The van der Waals surface area contributed by atoms with Gasteiger partial charge in [0.05, 0.1) is 30.4 Å². The van der Waals surface area contributed by atoms with E-state index in [1.165, 1.54) is 23.3 Å². The molecular weight excluding hydrogens is 422 g/mol. The van der Waals surface area contributed by atoms with E-state index in [-0.39, 0.29) is 30.0 Å². The van der Waals surface area contributed by atoms with Crippen LogP contribution in [0.15, 0.2) is 52.0 Å². The van der Waals surface area contributed by atoms with Crippen LogP contribution < -0.4 is 10.0 Å². The molecule has 2 aromatic rings. The van der Waals surface area contributed by atoms with Crippen LogP contribution in [0.3, 0.4) is 0 Å². The van der Waals surface area contributed by atoms with Crippen LogP contribution in [0.4, 0.5) is 0 Å². The molecule has 1 atom stereocenters. The van der Waals surface area contributed by atoms with E-state index in [0.717, 1.165) is 18.4 Å². The molecule has 2 N–H and O–H groups in total. The molecule has 9 nitrogen and oxygen atoms in total. The van der Waals surface area contributed by atoms with Crippen LogP contribution in [0.5, 0.6) is 0 Å². The molecule has 2 heterocycles. The molecule has 168 valence electrons. The zero-order valence-electron chi connectivity index (χ0n) is 17.4. The minimum absolute atomic E-state index is 0.0144. The van der Waals surface area contributed by atoms with E-state index in [2.05, 4.69) is 10.0 Å². The lowest BCUT2D eigenvalue weighted by Crippen LogP contribution is -2.45. The highest BCUT2D eigenvalue weighted by molar-refractivity contribution is 7.89. The highest BCUT2D eigenvalue weighted by Crippen LogP contribution is 2.12. The molecule has 1 aromatic carbocycles. The second kappa shape index (κ2) is 10.6. The van der Waals surface area contributed by atoms with Crippen LogP contribution in [0.25, 0.3) is 0 Å². The van der Waals surface area contributed by atoms with Crippen LogP contribution in [0, 0.1) is 6.92 Å². The summed E-state index contributed by atoms with van der Waals surface area (Å²) in [5.74, 6) is -0.405. The maximum Gasteiger partial charge on any atom is 0.241 e. The third-order valence-corrected chi connectivity index (χ3v) is 6.33. The van der Waals surface area contributed by atoms with E-state index >= 15 is 0 Å². The Hall–Kier alpha value is -2.69. The Morgan fingerprint density at radius 3 is 2.61 bits per heavy atom. The van der Waals surface area contributed by atoms with E-state index in [1.807, 2.05) is 6.92 Å². The molecule has 1 aromatic heterocycles. The number of hydrogen-bond acceptors (Lipinski definition) is 6. The zero-order valence-corrected chi connectivity index (χ0v) is 18.2. The van der Waals surface area contributed by atoms with Crippen molar-refractivity contribution in [2.24, 2.45) is 0 Å². The van der Waals surface area contributed by atoms with Crippen molar-refractivity contribution >= 4 is 21.8 Å². The molecule has 3 rings (SSSR count). The average molecular weight is 450 g/mol. The Balaban J connectivity index is 1.59. The van der Waals surface area contributed by atoms with Gasteiger partial charge in [-0.05, 0) is 44.0 Å². The molecule has 1 saturated heterocycles. The van der Waals surface area contributed by atoms with Gasteiger partial charge in [-0.3, -0.25) is 9.59 Å². The number of rotatable bonds is 10. The molecule has 2 amide bonds. The molecule has 1 aliphatic rings. The number of furan rings is 1. The van der Waals surface area contributed by atoms with Crippen molar-refractivity contribution in [1.82, 2.24) is 14.9 Å². The molecular formula is C21H27N3O6S. The Kier molecular flexibility index (Phi) is 7.83. The predicted octanol–water partition coefficient (Wildman–Crippen LogP) is 1.19. The minimum Gasteiger partial charge on any atom is -0.467 e. The molecule has 1 fully saturated rings. The summed E-state index contributed by atoms with van der Waals surface area (Å²) in [6, 6.07) is 9.66. The Labute approximate surface area is 181 Å². The van der Waals surface area contributed by atoms with Crippen molar-refractivity contribution in [2.75, 3.05) is 26.2 Å². The second-order valence-electron chi connectivity index (χ2n) is 7.41. The topological polar surface area (TPSA) is 118 Å². The largest absolute Gasteiger partial charge is 0.467 e. The first-order chi connectivity index (χ1) is 14.8. The fraction of sp³-hybridized carbons (Fsp3) is 0.429. The van der Waals surface area contributed by atoms with Gasteiger partial charge in [0.2, 0.25) is 21.8 Å². The molecule has 0 spiro atoms. The molecule has 31 heavy (non-hydrogen) atoms. The number of carbonyl (C=O) groups is 2. The van der Waals surface area contributed by atoms with Crippen LogP contribution in [-0.4, -0.2) is 57.5 Å². The van der Waals surface area contributed by atoms with Gasteiger partial charge >= 0.3 is 0 Å². The standard InChI is InChI=1S/C21H27N3O6S/c1-16-6-8-19(9-7-16)31(27,28)23-13-21(26)24(14-18-5-3-11-30-18)15-20(25)22-12-17-4-2-10-29-17/h3,5-9,11,17,23H,2,4,10,12-15H2,1H3,(H,22,25)/t17-/m1/s1. The lowest BCUT2D eigenvalue weighted by molar-refractivity contribution is -0.136. The smallest absolute Gasteiger partial charge is 0.241 e. The van der Waals surface area contributed by atoms with Gasteiger partial charge in [-0.15, -0.1) is 0 Å². The third-order valence-electron chi connectivity index (χ3n) is 4.91. The number of aryl methyl sites for hydroxylation is 1. The first-order valence-electron chi connectivity index (χ1n) is 10.1. The number of benzene rings is 1. The van der Waals surface area contributed by atoms with E-state index in [0.29, 0.717) is 18.9 Å². The summed E-state index contributed by atoms with van der Waals surface area (Å²) in [7, 11) is -3.86. The summed E-state index contributed by atoms with van der Waals surface area (Å²) in [6.07, 6.45) is 3.30. The summed E-state index contributed by atoms with van der Waals surface area (Å²) in [5, 5.41) is 2.77. The van der Waals surface area contributed by atoms with E-state index < -0.39 is 22.5 Å². The lowest BCUT2D eigenvalue weighted by atomic mass is 10.2. The Bertz CT molecular complexity index is 967. The van der Waals surface area contributed by atoms with Crippen LogP contribution >= 0.6 is 0 Å². The van der Waals surface area contributed by atoms with Crippen molar-refractivity contribution in [1.29, 1.82) is 0 Å². The predicted molar refractivity (Wildman–Crippen MR) is 112 cm³/mol. The summed E-state index contributed by atoms with van der Waals surface area (Å²) >= 11 is 0. The van der Waals surface area contributed by atoms with E-state index in [1.54, 1.807) is 24.3 Å². The van der Waals surface area contributed by atoms with Crippen molar-refractivity contribution in [2.45, 2.75) is 37.3 Å². The van der Waals surface area contributed by atoms with Gasteiger partial charge in [0, 0.05) is 13.2 Å². The van der Waals surface area contributed by atoms with Crippen LogP contribution in [0.2, 0.25) is 0 Å². The maximum absolute atomic E-state index is 12.8. The molecule has 0 unspecified atom stereocenters. The summed E-state index contributed by atoms with van der Waals surface area (Å²) in [5.41, 5.74) is 0.925. The fourth-order valence-electron chi connectivity index (χ4n) is 3.15. The number of carbonyl (C=O) groups excluding carboxylic acids is 2. The SMILES string of the molecule is Cc1ccc(S(=O)(=O)NCC(=O)N(CC(=O)NC[C@H]2CCCO2)Cc2ccco2)cc1. The van der Waals surface area contributed by atoms with Crippen molar-refractivity contribution in [3.05, 3.63) is 54.0 Å². The second-order valence-corrected chi connectivity index (χ2v) is 9.17. The van der Waals surface area contributed by atoms with Gasteiger partial charge < -0.3 is 19.4 Å². The lowest BCUT2D eigenvalue weighted by Gasteiger charge is -2.22. The number of nitrogens with zero attached hydrogens (tertiary/aromatic N) is 1. The Morgan fingerprint density at radius 1 is 1.19 bits per heavy atom. The van der Waals surface area contributed by atoms with Gasteiger partial charge in [-0.1, -0.05) is 17.7 Å². The number of nitrogens with one attached hydrogen (secondary N) is 2. The quantitative estimate of drug-likeness (QED) is 0.563. The van der Waals surface area contributed by atoms with E-state index in [4.69, 9.17) is 9.15 Å². The molecule has 0 saturated carbocycles. The van der Waals surface area contributed by atoms with Gasteiger partial charge in [-0.2, -0.15) is 0 Å². The number of ether oxygens (including phenoxy) is 1. The Morgan fingerprint density at radius 2 is 1.97 bits per heavy atom. The molecule has 0 bridgehead atoms. The van der Waals surface area contributed by atoms with Gasteiger partial charge in [0.15, 0.2) is 0 Å². The molecule has 0 radical (unpaired) electrons. The van der Waals surface area contributed by atoms with Gasteiger partial charge in [0.25, 0.3) is 0 Å². The highest BCUT2D eigenvalue weighted by Gasteiger charge is 2.23. The van der Waals surface area contributed by atoms with Gasteiger partial charge in [-0.25, -0.2) is 13.1 Å². The average Bonchev–Trinajstić information content (AvgIpc) is 3.44. The molecule has 1 aliphatic heterocycles. The van der Waals surface area contributed by atoms with Crippen molar-refractivity contribution < 1.29 is 27.2 Å². The number of amides is 2. The van der Waals surface area contributed by atoms with Gasteiger partial charge in [0.1, 0.15) is 12.3 Å². The number of sulfonamides is 1. The first-order valence-corrected chi connectivity index (χ1v) is 11.6. The normalized spacial score (nSPS) is 16.2. The van der Waals surface area contributed by atoms with Crippen LogP contribution in [-0.2, 0) is 30.9 Å². The minimum atomic E-state index is -3.86. The summed E-state index contributed by atoms with van der Waals surface area (Å²) in [4.78, 5) is 26.4. The van der Waals surface area contributed by atoms with Crippen molar-refractivity contribution in [3.8, 4) is 0 Å². The summed E-state index contributed by atoms with van der Waals surface area (Å²) < 4.78 is 38.0. The summed E-state index contributed by atoms with van der Waals surface area (Å²) in [6.45, 7) is 2.26. The third kappa shape index (κ3) is 6.91. The zero-order chi connectivity index (χ0) is 22.3. The van der Waals surface area contributed by atoms with E-state index in [9.17, 15) is 18.0 Å². The molecule has 10 heteroatoms. The maximum atomic E-state index is 12.8. The van der Waals surface area contributed by atoms with Crippen LogP contribution in [0.1, 0.15) is 24.2 Å². The monoisotopic (exact) mass is 449 g/mol. The molecule has 0 aliphatic carbocycles. The first kappa shape index (κ1) is 23.0. The number of hydrogen-bond donors (Lipinski definition) is 2. The highest BCUT2D eigenvalue weighted by atomic mass is 32.2. The fourth-order valence-corrected chi connectivity index (χ4v) is 4.13. The van der Waals surface area contributed by atoms with Crippen molar-refractivity contribution in [3.63, 3.8) is 0 Å².